The maximum absolute atomic E-state index is 15.0. The molecule has 36 heavy (non-hydrogen) atoms. The molecule has 0 spiro atoms. The molecule has 6 heteroatoms. The summed E-state index contributed by atoms with van der Waals surface area (Å²) in [6, 6.07) is 16.9. The van der Waals surface area contributed by atoms with Crippen molar-refractivity contribution in [2.75, 3.05) is 19.7 Å². The Balaban J connectivity index is 1.43. The zero-order chi connectivity index (χ0) is 25.4. The van der Waals surface area contributed by atoms with Gasteiger partial charge in [0.1, 0.15) is 41.5 Å². The number of phenolic OH excluding ortho intramolecular Hbond substituents is 2. The normalized spacial score (nSPS) is 20.7. The van der Waals surface area contributed by atoms with Crippen LogP contribution in [0, 0.1) is 11.7 Å². The van der Waals surface area contributed by atoms with Crippen LogP contribution in [0.4, 0.5) is 4.39 Å². The number of nitrogens with zero attached hydrogens (tertiary/aromatic N) is 1. The summed E-state index contributed by atoms with van der Waals surface area (Å²) in [5.74, 6) is 1.73. The molecular formula is C30H32FNO4. The van der Waals surface area contributed by atoms with Crippen molar-refractivity contribution < 1.29 is 24.1 Å². The molecule has 3 unspecified atom stereocenters. The zero-order valence-corrected chi connectivity index (χ0v) is 20.9. The molecule has 3 atom stereocenters. The standard InChI is InChI=1S/C30H32FNO4/c1-18-12-13-32(16-18)19(2)17-35-24-8-4-21(5-9-24)30-29(26-15-22(33)6-10-27(26)31)20(3)25-14-23(34)7-11-28(25)36-30/h4-11,14-15,18-19,30,33-34H,12-13,16-17H2,1-3H3. The molecule has 1 saturated heterocycles. The Labute approximate surface area is 211 Å². The Morgan fingerprint density at radius 3 is 2.42 bits per heavy atom. The van der Waals surface area contributed by atoms with E-state index in [2.05, 4.69) is 18.7 Å². The smallest absolute Gasteiger partial charge is 0.150 e. The molecule has 0 bridgehead atoms. The number of hydrogen-bond donors (Lipinski definition) is 2. The van der Waals surface area contributed by atoms with Gasteiger partial charge in [-0.25, -0.2) is 4.39 Å². The Hall–Kier alpha value is -3.51. The highest BCUT2D eigenvalue weighted by atomic mass is 19.1. The average Bonchev–Trinajstić information content (AvgIpc) is 3.31. The highest BCUT2D eigenvalue weighted by Crippen LogP contribution is 2.48. The lowest BCUT2D eigenvalue weighted by atomic mass is 9.86. The third-order valence-electron chi connectivity index (χ3n) is 7.27. The van der Waals surface area contributed by atoms with Crippen molar-refractivity contribution in [2.45, 2.75) is 39.3 Å². The summed E-state index contributed by atoms with van der Waals surface area (Å²) in [6.07, 6.45) is 0.635. The number of allylic oxidation sites excluding steroid dienone is 1. The number of aromatic hydroxyl groups is 2. The van der Waals surface area contributed by atoms with E-state index in [9.17, 15) is 14.6 Å². The summed E-state index contributed by atoms with van der Waals surface area (Å²) in [5.41, 5.74) is 3.16. The van der Waals surface area contributed by atoms with E-state index in [0.717, 1.165) is 35.9 Å². The van der Waals surface area contributed by atoms with Gasteiger partial charge in [-0.1, -0.05) is 19.1 Å². The Morgan fingerprint density at radius 1 is 1.03 bits per heavy atom. The monoisotopic (exact) mass is 489 g/mol. The second-order valence-corrected chi connectivity index (χ2v) is 10.00. The summed E-state index contributed by atoms with van der Waals surface area (Å²) in [5, 5.41) is 20.1. The molecule has 5 rings (SSSR count). The maximum atomic E-state index is 15.0. The number of fused-ring (bicyclic) bond motifs is 1. The summed E-state index contributed by atoms with van der Waals surface area (Å²) in [6.45, 7) is 9.20. The number of benzene rings is 3. The summed E-state index contributed by atoms with van der Waals surface area (Å²) in [4.78, 5) is 2.47. The number of likely N-dealkylation sites (tertiary alicyclic amines) is 1. The summed E-state index contributed by atoms with van der Waals surface area (Å²) >= 11 is 0. The lowest BCUT2D eigenvalue weighted by Crippen LogP contribution is -2.35. The molecule has 2 N–H and O–H groups in total. The van der Waals surface area contributed by atoms with Crippen LogP contribution in [-0.2, 0) is 0 Å². The van der Waals surface area contributed by atoms with E-state index in [1.165, 1.54) is 24.6 Å². The van der Waals surface area contributed by atoms with Gasteiger partial charge in [-0.2, -0.15) is 0 Å². The van der Waals surface area contributed by atoms with Gasteiger partial charge in [-0.05, 0) is 92.4 Å². The van der Waals surface area contributed by atoms with Crippen LogP contribution in [0.2, 0.25) is 0 Å². The number of rotatable bonds is 6. The van der Waals surface area contributed by atoms with Gasteiger partial charge in [0.05, 0.1) is 0 Å². The van der Waals surface area contributed by atoms with E-state index >= 15 is 0 Å². The van der Waals surface area contributed by atoms with Crippen molar-refractivity contribution in [3.8, 4) is 23.0 Å². The van der Waals surface area contributed by atoms with Gasteiger partial charge in [-0.15, -0.1) is 0 Å². The van der Waals surface area contributed by atoms with Crippen LogP contribution in [0.25, 0.3) is 11.1 Å². The number of halogens is 1. The first-order valence-electron chi connectivity index (χ1n) is 12.5. The van der Waals surface area contributed by atoms with Gasteiger partial charge in [0.25, 0.3) is 0 Å². The molecule has 0 saturated carbocycles. The minimum absolute atomic E-state index is 0.0302. The first kappa shape index (κ1) is 24.2. The molecule has 0 aliphatic carbocycles. The molecule has 1 fully saturated rings. The second kappa shape index (κ2) is 9.86. The molecule has 3 aromatic rings. The highest BCUT2D eigenvalue weighted by molar-refractivity contribution is 5.96. The molecule has 2 heterocycles. The van der Waals surface area contributed by atoms with E-state index in [-0.39, 0.29) is 17.1 Å². The quantitative estimate of drug-likeness (QED) is 0.419. The summed E-state index contributed by atoms with van der Waals surface area (Å²) < 4.78 is 27.4. The van der Waals surface area contributed by atoms with Crippen LogP contribution in [0.3, 0.4) is 0 Å². The first-order chi connectivity index (χ1) is 17.3. The molecule has 0 aromatic heterocycles. The van der Waals surface area contributed by atoms with Gasteiger partial charge in [0.2, 0.25) is 0 Å². The van der Waals surface area contributed by atoms with Crippen LogP contribution in [0.5, 0.6) is 23.0 Å². The van der Waals surface area contributed by atoms with E-state index < -0.39 is 11.9 Å². The van der Waals surface area contributed by atoms with Crippen molar-refractivity contribution in [2.24, 2.45) is 5.92 Å². The lowest BCUT2D eigenvalue weighted by molar-refractivity contribution is 0.169. The molecular weight excluding hydrogens is 457 g/mol. The minimum atomic E-state index is -0.600. The van der Waals surface area contributed by atoms with Gasteiger partial charge in [-0.3, -0.25) is 4.90 Å². The molecule has 188 valence electrons. The zero-order valence-electron chi connectivity index (χ0n) is 20.9. The number of phenols is 2. The fourth-order valence-corrected chi connectivity index (χ4v) is 5.17. The largest absolute Gasteiger partial charge is 0.508 e. The number of hydrogen-bond acceptors (Lipinski definition) is 5. The molecule has 0 amide bonds. The molecule has 2 aliphatic heterocycles. The Morgan fingerprint density at radius 2 is 1.72 bits per heavy atom. The fourth-order valence-electron chi connectivity index (χ4n) is 5.17. The van der Waals surface area contributed by atoms with Crippen molar-refractivity contribution in [3.63, 3.8) is 0 Å². The maximum Gasteiger partial charge on any atom is 0.150 e. The van der Waals surface area contributed by atoms with Crippen LogP contribution < -0.4 is 9.47 Å². The minimum Gasteiger partial charge on any atom is -0.508 e. The average molecular weight is 490 g/mol. The summed E-state index contributed by atoms with van der Waals surface area (Å²) in [7, 11) is 0. The Bertz CT molecular complexity index is 1290. The fraction of sp³-hybridized carbons (Fsp3) is 0.333. The van der Waals surface area contributed by atoms with E-state index in [1.54, 1.807) is 18.2 Å². The van der Waals surface area contributed by atoms with Crippen LogP contribution in [0.15, 0.2) is 60.7 Å². The van der Waals surface area contributed by atoms with Gasteiger partial charge >= 0.3 is 0 Å². The van der Waals surface area contributed by atoms with Crippen molar-refractivity contribution in [1.29, 1.82) is 0 Å². The van der Waals surface area contributed by atoms with Gasteiger partial charge in [0.15, 0.2) is 0 Å². The van der Waals surface area contributed by atoms with E-state index in [4.69, 9.17) is 9.47 Å². The second-order valence-electron chi connectivity index (χ2n) is 10.00. The van der Waals surface area contributed by atoms with Gasteiger partial charge < -0.3 is 19.7 Å². The predicted octanol–water partition coefficient (Wildman–Crippen LogP) is 6.41. The third kappa shape index (κ3) is 4.78. The highest BCUT2D eigenvalue weighted by Gasteiger charge is 2.31. The molecule has 3 aromatic carbocycles. The SMILES string of the molecule is CC1=C(c2cc(O)ccc2F)C(c2ccc(OCC(C)N3CCC(C)C3)cc2)Oc2ccc(O)cc21. The van der Waals surface area contributed by atoms with Crippen molar-refractivity contribution in [3.05, 3.63) is 83.2 Å². The predicted molar refractivity (Wildman–Crippen MR) is 139 cm³/mol. The lowest BCUT2D eigenvalue weighted by Gasteiger charge is -2.31. The Kier molecular flexibility index (Phi) is 6.63. The van der Waals surface area contributed by atoms with Crippen molar-refractivity contribution in [1.82, 2.24) is 4.90 Å². The van der Waals surface area contributed by atoms with Crippen molar-refractivity contribution >= 4 is 11.1 Å². The first-order valence-corrected chi connectivity index (χ1v) is 12.5. The topological polar surface area (TPSA) is 62.2 Å². The van der Waals surface area contributed by atoms with E-state index in [0.29, 0.717) is 29.5 Å². The van der Waals surface area contributed by atoms with Crippen LogP contribution in [0.1, 0.15) is 50.0 Å². The molecule has 5 nitrogen and oxygen atoms in total. The molecule has 0 radical (unpaired) electrons. The van der Waals surface area contributed by atoms with E-state index in [1.807, 2.05) is 31.2 Å². The van der Waals surface area contributed by atoms with Crippen LogP contribution in [-0.4, -0.2) is 40.9 Å². The van der Waals surface area contributed by atoms with Gasteiger partial charge in [0, 0.05) is 29.3 Å². The van der Waals surface area contributed by atoms with Crippen LogP contribution >= 0.6 is 0 Å². The third-order valence-corrected chi connectivity index (χ3v) is 7.27. The molecule has 2 aliphatic rings. The number of ether oxygens (including phenoxy) is 2.